The van der Waals surface area contributed by atoms with Crippen molar-refractivity contribution in [3.05, 3.63) is 73.9 Å². The summed E-state index contributed by atoms with van der Waals surface area (Å²) in [7, 11) is 0. The Morgan fingerprint density at radius 3 is 2.20 bits per heavy atom. The number of carbonyl (C=O) groups excluding carboxylic acids is 2. The number of pyridine rings is 1. The second-order valence-corrected chi connectivity index (χ2v) is 7.04. The molecule has 1 aliphatic rings. The third-order valence-electron chi connectivity index (χ3n) is 4.47. The molecule has 3 nitrogen and oxygen atoms in total. The van der Waals surface area contributed by atoms with Gasteiger partial charge in [0.05, 0.1) is 37.4 Å². The van der Waals surface area contributed by atoms with Gasteiger partial charge in [0.15, 0.2) is 11.6 Å². The zero-order valence-electron chi connectivity index (χ0n) is 12.9. The van der Waals surface area contributed by atoms with E-state index in [4.69, 9.17) is 34.8 Å². The number of fused-ring (bicyclic) bond motifs is 2. The molecule has 0 spiro atoms. The van der Waals surface area contributed by atoms with Gasteiger partial charge in [0, 0.05) is 5.39 Å². The van der Waals surface area contributed by atoms with Crippen LogP contribution in [-0.4, -0.2) is 16.6 Å². The van der Waals surface area contributed by atoms with E-state index in [1.165, 1.54) is 0 Å². The summed E-state index contributed by atoms with van der Waals surface area (Å²) in [5.74, 6) is -1.86. The van der Waals surface area contributed by atoms with Gasteiger partial charge in [0.1, 0.15) is 5.92 Å². The zero-order chi connectivity index (χ0) is 17.9. The molecule has 2 aromatic carbocycles. The first-order chi connectivity index (χ1) is 11.9. The fourth-order valence-corrected chi connectivity index (χ4v) is 4.01. The van der Waals surface area contributed by atoms with Crippen LogP contribution in [0.5, 0.6) is 0 Å². The molecule has 1 atom stereocenters. The second-order valence-electron chi connectivity index (χ2n) is 5.91. The maximum Gasteiger partial charge on any atom is 0.182 e. The van der Waals surface area contributed by atoms with E-state index in [1.807, 2.05) is 30.3 Å². The third-order valence-corrected chi connectivity index (χ3v) is 5.89. The van der Waals surface area contributed by atoms with E-state index < -0.39 is 17.5 Å². The fraction of sp³-hybridized carbons (Fsp3) is 0.105. The predicted octanol–water partition coefficient (Wildman–Crippen LogP) is 5.67. The Hall–Kier alpha value is -1.94. The molecule has 1 unspecified atom stereocenters. The molecule has 6 heteroatoms. The van der Waals surface area contributed by atoms with E-state index in [1.54, 1.807) is 13.0 Å². The first-order valence-corrected chi connectivity index (χ1v) is 8.66. The summed E-state index contributed by atoms with van der Waals surface area (Å²) in [6, 6.07) is 11.0. The van der Waals surface area contributed by atoms with Crippen LogP contribution in [0.2, 0.25) is 15.1 Å². The van der Waals surface area contributed by atoms with E-state index in [0.717, 1.165) is 5.39 Å². The summed E-state index contributed by atoms with van der Waals surface area (Å²) in [5.41, 5.74) is 1.81. The molecule has 124 valence electrons. The number of aromatic nitrogens is 1. The topological polar surface area (TPSA) is 47.0 Å². The molecular weight excluding hydrogens is 381 g/mol. The number of nitrogens with zero attached hydrogens (tertiary/aromatic N) is 1. The van der Waals surface area contributed by atoms with Gasteiger partial charge in [-0.15, -0.1) is 0 Å². The van der Waals surface area contributed by atoms with Crippen LogP contribution in [0.1, 0.15) is 37.9 Å². The molecule has 0 radical (unpaired) electrons. The summed E-state index contributed by atoms with van der Waals surface area (Å²) < 4.78 is 0. The van der Waals surface area contributed by atoms with Crippen LogP contribution >= 0.6 is 34.8 Å². The lowest BCUT2D eigenvalue weighted by Crippen LogP contribution is -2.14. The highest BCUT2D eigenvalue weighted by Crippen LogP contribution is 2.45. The number of halogens is 3. The quantitative estimate of drug-likeness (QED) is 0.397. The molecule has 1 heterocycles. The minimum absolute atomic E-state index is 0.0696. The van der Waals surface area contributed by atoms with E-state index in [9.17, 15) is 9.59 Å². The number of rotatable bonds is 1. The highest BCUT2D eigenvalue weighted by atomic mass is 35.5. The molecule has 3 aromatic rings. The average molecular weight is 391 g/mol. The molecule has 0 fully saturated rings. The summed E-state index contributed by atoms with van der Waals surface area (Å²) in [6.45, 7) is 1.66. The molecule has 0 amide bonds. The minimum Gasteiger partial charge on any atom is -0.293 e. The molecule has 25 heavy (non-hydrogen) atoms. The Morgan fingerprint density at radius 2 is 1.48 bits per heavy atom. The van der Waals surface area contributed by atoms with Crippen LogP contribution in [0.4, 0.5) is 0 Å². The number of ketones is 2. The van der Waals surface area contributed by atoms with Gasteiger partial charge in [-0.25, -0.2) is 0 Å². The van der Waals surface area contributed by atoms with E-state index in [0.29, 0.717) is 16.8 Å². The SMILES string of the molecule is Cc1c(Cl)c(Cl)c2c(c1Cl)C(=O)C(c1ccc3ccccc3n1)C2=O. The first kappa shape index (κ1) is 16.5. The van der Waals surface area contributed by atoms with Gasteiger partial charge in [-0.2, -0.15) is 0 Å². The molecule has 1 aliphatic carbocycles. The van der Waals surface area contributed by atoms with Gasteiger partial charge >= 0.3 is 0 Å². The maximum absolute atomic E-state index is 12.9. The smallest absolute Gasteiger partial charge is 0.182 e. The van der Waals surface area contributed by atoms with Gasteiger partial charge < -0.3 is 0 Å². The number of para-hydroxylation sites is 1. The van der Waals surface area contributed by atoms with Crippen molar-refractivity contribution in [1.29, 1.82) is 0 Å². The van der Waals surface area contributed by atoms with Crippen molar-refractivity contribution in [3.63, 3.8) is 0 Å². The lowest BCUT2D eigenvalue weighted by atomic mass is 9.98. The summed E-state index contributed by atoms with van der Waals surface area (Å²) in [5, 5.41) is 1.36. The predicted molar refractivity (Wildman–Crippen MR) is 99.4 cm³/mol. The molecule has 1 aromatic heterocycles. The van der Waals surface area contributed by atoms with Crippen LogP contribution < -0.4 is 0 Å². The van der Waals surface area contributed by atoms with Crippen molar-refractivity contribution in [3.8, 4) is 0 Å². The lowest BCUT2D eigenvalue weighted by Gasteiger charge is -2.08. The number of Topliss-reactive ketones (excluding diaryl/α,β-unsaturated/α-hetero) is 2. The second kappa shape index (κ2) is 5.80. The van der Waals surface area contributed by atoms with Gasteiger partial charge in [-0.1, -0.05) is 59.1 Å². The summed E-state index contributed by atoms with van der Waals surface area (Å²) in [6.07, 6.45) is 0. The van der Waals surface area contributed by atoms with Crippen molar-refractivity contribution >= 4 is 57.3 Å². The molecule has 0 saturated heterocycles. The van der Waals surface area contributed by atoms with Crippen molar-refractivity contribution in [1.82, 2.24) is 4.98 Å². The van der Waals surface area contributed by atoms with Crippen molar-refractivity contribution in [2.24, 2.45) is 0 Å². The van der Waals surface area contributed by atoms with Gasteiger partial charge in [0.2, 0.25) is 0 Å². The van der Waals surface area contributed by atoms with Gasteiger partial charge in [-0.3, -0.25) is 14.6 Å². The highest BCUT2D eigenvalue weighted by Gasteiger charge is 2.44. The van der Waals surface area contributed by atoms with Crippen LogP contribution in [0.3, 0.4) is 0 Å². The largest absolute Gasteiger partial charge is 0.293 e. The van der Waals surface area contributed by atoms with E-state index >= 15 is 0 Å². The molecule has 0 saturated carbocycles. The Morgan fingerprint density at radius 1 is 0.840 bits per heavy atom. The average Bonchev–Trinajstić information content (AvgIpc) is 2.88. The minimum atomic E-state index is -1.05. The number of hydrogen-bond acceptors (Lipinski definition) is 3. The number of hydrogen-bond donors (Lipinski definition) is 0. The number of carbonyl (C=O) groups is 2. The fourth-order valence-electron chi connectivity index (χ4n) is 3.16. The maximum atomic E-state index is 12.9. The first-order valence-electron chi connectivity index (χ1n) is 7.53. The Bertz CT molecular complexity index is 1040. The standard InChI is InChI=1S/C19H10Cl3NO2/c1-8-15(20)13-14(17(22)16(8)21)19(25)12(18(13)24)11-7-6-9-4-2-3-5-10(9)23-11/h2-7,12H,1H3. The molecule has 0 aliphatic heterocycles. The van der Waals surface area contributed by atoms with Crippen LogP contribution in [0.25, 0.3) is 10.9 Å². The lowest BCUT2D eigenvalue weighted by molar-refractivity contribution is 0.0888. The molecule has 0 N–H and O–H groups in total. The molecule has 0 bridgehead atoms. The highest BCUT2D eigenvalue weighted by molar-refractivity contribution is 6.50. The van der Waals surface area contributed by atoms with E-state index in [2.05, 4.69) is 4.98 Å². The Kier molecular flexibility index (Phi) is 3.84. The molecular formula is C19H10Cl3NO2. The van der Waals surface area contributed by atoms with Crippen molar-refractivity contribution in [2.75, 3.05) is 0 Å². The third kappa shape index (κ3) is 2.30. The van der Waals surface area contributed by atoms with Crippen LogP contribution in [0.15, 0.2) is 36.4 Å². The van der Waals surface area contributed by atoms with Gasteiger partial charge in [-0.05, 0) is 24.6 Å². The van der Waals surface area contributed by atoms with E-state index in [-0.39, 0.29) is 26.2 Å². The van der Waals surface area contributed by atoms with Crippen molar-refractivity contribution in [2.45, 2.75) is 12.8 Å². The summed E-state index contributed by atoms with van der Waals surface area (Å²) in [4.78, 5) is 30.3. The van der Waals surface area contributed by atoms with Crippen molar-refractivity contribution < 1.29 is 9.59 Å². The normalized spacial score (nSPS) is 16.6. The Labute approximate surface area is 158 Å². The Balaban J connectivity index is 1.93. The van der Waals surface area contributed by atoms with Crippen LogP contribution in [-0.2, 0) is 0 Å². The van der Waals surface area contributed by atoms with Crippen LogP contribution in [0, 0.1) is 6.92 Å². The van der Waals surface area contributed by atoms with Gasteiger partial charge in [0.25, 0.3) is 0 Å². The zero-order valence-corrected chi connectivity index (χ0v) is 15.2. The monoisotopic (exact) mass is 389 g/mol. The summed E-state index contributed by atoms with van der Waals surface area (Å²) >= 11 is 18.7. The molecule has 4 rings (SSSR count). The number of benzene rings is 2.